The van der Waals surface area contributed by atoms with E-state index in [9.17, 15) is 13.2 Å². The Labute approximate surface area is 183 Å². The highest BCUT2D eigenvalue weighted by atomic mass is 32.2. The molecule has 2 aliphatic rings. The lowest BCUT2D eigenvalue weighted by Crippen LogP contribution is -2.49. The molecule has 1 aromatic carbocycles. The van der Waals surface area contributed by atoms with E-state index in [0.29, 0.717) is 43.5 Å². The summed E-state index contributed by atoms with van der Waals surface area (Å²) >= 11 is 1.23. The van der Waals surface area contributed by atoms with Crippen molar-refractivity contribution < 1.29 is 8.42 Å². The Morgan fingerprint density at radius 1 is 0.967 bits per heavy atom. The van der Waals surface area contributed by atoms with Gasteiger partial charge in [0.1, 0.15) is 0 Å². The fourth-order valence-corrected chi connectivity index (χ4v) is 6.79. The van der Waals surface area contributed by atoms with Gasteiger partial charge in [-0.15, -0.1) is 0 Å². The van der Waals surface area contributed by atoms with Gasteiger partial charge in [0.2, 0.25) is 10.0 Å². The third-order valence-corrected chi connectivity index (χ3v) is 9.34. The average molecular weight is 450 g/mol. The van der Waals surface area contributed by atoms with Crippen molar-refractivity contribution in [3.63, 3.8) is 0 Å². The number of aromatic nitrogens is 1. The summed E-state index contributed by atoms with van der Waals surface area (Å²) in [6.07, 6.45) is 6.29. The van der Waals surface area contributed by atoms with Crippen LogP contribution in [0.2, 0.25) is 0 Å². The van der Waals surface area contributed by atoms with Crippen molar-refractivity contribution in [1.29, 1.82) is 0 Å². The number of hydrogen-bond acceptors (Lipinski definition) is 5. The largest absolute Gasteiger partial charge is 0.307 e. The summed E-state index contributed by atoms with van der Waals surface area (Å²) in [4.78, 5) is 14.6. The van der Waals surface area contributed by atoms with E-state index in [1.807, 2.05) is 24.4 Å². The molecule has 0 radical (unpaired) electrons. The van der Waals surface area contributed by atoms with E-state index in [0.717, 1.165) is 12.2 Å². The molecule has 0 atom stereocenters. The van der Waals surface area contributed by atoms with Crippen LogP contribution in [0.1, 0.15) is 49.3 Å². The maximum absolute atomic E-state index is 13.1. The quantitative estimate of drug-likeness (QED) is 0.679. The van der Waals surface area contributed by atoms with E-state index >= 15 is 0 Å². The van der Waals surface area contributed by atoms with Crippen LogP contribution in [0.4, 0.5) is 0 Å². The van der Waals surface area contributed by atoms with Gasteiger partial charge in [0, 0.05) is 50.3 Å². The minimum Gasteiger partial charge on any atom is -0.302 e. The number of rotatable bonds is 6. The van der Waals surface area contributed by atoms with Gasteiger partial charge in [-0.3, -0.25) is 9.69 Å². The second kappa shape index (κ2) is 9.34. The molecule has 0 unspecified atom stereocenters. The van der Waals surface area contributed by atoms with Crippen LogP contribution in [0.25, 0.3) is 0 Å². The molecule has 4 rings (SSSR count). The van der Waals surface area contributed by atoms with Gasteiger partial charge in [0.05, 0.1) is 4.90 Å². The van der Waals surface area contributed by atoms with E-state index in [4.69, 9.17) is 0 Å². The van der Waals surface area contributed by atoms with Gasteiger partial charge in [-0.2, -0.15) is 4.31 Å². The molecule has 1 aromatic heterocycles. The Hall–Kier alpha value is -1.48. The summed E-state index contributed by atoms with van der Waals surface area (Å²) < 4.78 is 29.5. The lowest BCUT2D eigenvalue weighted by atomic mass is 9.84. The molecule has 30 heavy (non-hydrogen) atoms. The number of nitrogens with zero attached hydrogens (tertiary/aromatic N) is 3. The van der Waals surface area contributed by atoms with E-state index in [2.05, 4.69) is 4.90 Å². The SMILES string of the molecule is Cc1csc(=O)n1CCN1CCN(S(=O)(=O)c2ccc(C3CCCCC3)cc2)CC1. The van der Waals surface area contributed by atoms with Gasteiger partial charge in [-0.05, 0) is 43.4 Å². The minimum atomic E-state index is -3.45. The van der Waals surface area contributed by atoms with E-state index in [-0.39, 0.29) is 4.87 Å². The maximum atomic E-state index is 13.1. The van der Waals surface area contributed by atoms with Crippen molar-refractivity contribution in [2.75, 3.05) is 32.7 Å². The molecule has 1 aliphatic heterocycles. The molecule has 0 amide bonds. The molecule has 2 fully saturated rings. The van der Waals surface area contributed by atoms with Gasteiger partial charge in [-0.1, -0.05) is 42.7 Å². The van der Waals surface area contributed by atoms with Gasteiger partial charge in [0.15, 0.2) is 0 Å². The number of benzene rings is 1. The van der Waals surface area contributed by atoms with Gasteiger partial charge in [-0.25, -0.2) is 8.42 Å². The molecule has 2 heterocycles. The second-order valence-corrected chi connectivity index (χ2v) is 11.2. The minimum absolute atomic E-state index is 0.0744. The summed E-state index contributed by atoms with van der Waals surface area (Å²) in [6.45, 7) is 5.73. The van der Waals surface area contributed by atoms with Crippen LogP contribution < -0.4 is 4.87 Å². The average Bonchev–Trinajstić information content (AvgIpc) is 3.10. The summed E-state index contributed by atoms with van der Waals surface area (Å²) in [7, 11) is -3.45. The zero-order valence-corrected chi connectivity index (χ0v) is 19.3. The molecular formula is C22H31N3O3S2. The zero-order chi connectivity index (χ0) is 21.1. The number of hydrogen-bond donors (Lipinski definition) is 0. The smallest absolute Gasteiger partial charge is 0.302 e. The summed E-state index contributed by atoms with van der Waals surface area (Å²) in [5.41, 5.74) is 2.26. The van der Waals surface area contributed by atoms with Crippen LogP contribution in [-0.4, -0.2) is 54.9 Å². The predicted molar refractivity (Wildman–Crippen MR) is 121 cm³/mol. The van der Waals surface area contributed by atoms with Gasteiger partial charge < -0.3 is 4.57 Å². The third kappa shape index (κ3) is 4.72. The molecule has 1 aliphatic carbocycles. The van der Waals surface area contributed by atoms with E-state index in [1.54, 1.807) is 21.0 Å². The topological polar surface area (TPSA) is 62.6 Å². The number of sulfonamides is 1. The molecule has 0 bridgehead atoms. The molecule has 0 spiro atoms. The summed E-state index contributed by atoms with van der Waals surface area (Å²) in [5, 5.41) is 1.88. The Morgan fingerprint density at radius 3 is 2.23 bits per heavy atom. The Morgan fingerprint density at radius 2 is 1.63 bits per heavy atom. The van der Waals surface area contributed by atoms with Crippen molar-refractivity contribution in [2.24, 2.45) is 0 Å². The van der Waals surface area contributed by atoms with Crippen molar-refractivity contribution in [2.45, 2.75) is 56.4 Å². The highest BCUT2D eigenvalue weighted by Gasteiger charge is 2.28. The van der Waals surface area contributed by atoms with Crippen LogP contribution in [0.3, 0.4) is 0 Å². The predicted octanol–water partition coefficient (Wildman–Crippen LogP) is 3.27. The van der Waals surface area contributed by atoms with Crippen molar-refractivity contribution in [3.8, 4) is 0 Å². The maximum Gasteiger partial charge on any atom is 0.307 e. The Bertz CT molecular complexity index is 997. The third-order valence-electron chi connectivity index (χ3n) is 6.54. The van der Waals surface area contributed by atoms with Crippen molar-refractivity contribution in [1.82, 2.24) is 13.8 Å². The lowest BCUT2D eigenvalue weighted by molar-refractivity contribution is 0.182. The lowest BCUT2D eigenvalue weighted by Gasteiger charge is -2.34. The number of aryl methyl sites for hydroxylation is 1. The normalized spacial score (nSPS) is 19.9. The van der Waals surface area contributed by atoms with Crippen LogP contribution >= 0.6 is 11.3 Å². The number of thiazole rings is 1. The first-order valence-electron chi connectivity index (χ1n) is 10.9. The fourth-order valence-electron chi connectivity index (χ4n) is 4.61. The van der Waals surface area contributed by atoms with Gasteiger partial charge in [0.25, 0.3) is 0 Å². The van der Waals surface area contributed by atoms with E-state index < -0.39 is 10.0 Å². The zero-order valence-electron chi connectivity index (χ0n) is 17.6. The molecule has 8 heteroatoms. The first kappa shape index (κ1) is 21.7. The van der Waals surface area contributed by atoms with Crippen molar-refractivity contribution >= 4 is 21.4 Å². The monoisotopic (exact) mass is 449 g/mol. The van der Waals surface area contributed by atoms with Crippen LogP contribution in [0, 0.1) is 6.92 Å². The molecule has 0 N–H and O–H groups in total. The standard InChI is InChI=1S/C22H31N3O3S2/c1-18-17-29-22(26)25(18)16-13-23-11-14-24(15-12-23)30(27,28)21-9-7-20(8-10-21)19-5-3-2-4-6-19/h7-10,17,19H,2-6,11-16H2,1H3. The highest BCUT2D eigenvalue weighted by Crippen LogP contribution is 2.33. The van der Waals surface area contributed by atoms with Crippen LogP contribution in [0.15, 0.2) is 39.3 Å². The summed E-state index contributed by atoms with van der Waals surface area (Å²) in [6, 6.07) is 7.61. The first-order valence-corrected chi connectivity index (χ1v) is 13.2. The molecule has 6 nitrogen and oxygen atoms in total. The van der Waals surface area contributed by atoms with Gasteiger partial charge >= 0.3 is 4.87 Å². The molecule has 164 valence electrons. The fraction of sp³-hybridized carbons (Fsp3) is 0.591. The molecule has 1 saturated carbocycles. The van der Waals surface area contributed by atoms with E-state index in [1.165, 1.54) is 49.0 Å². The second-order valence-electron chi connectivity index (χ2n) is 8.44. The summed E-state index contributed by atoms with van der Waals surface area (Å²) in [5.74, 6) is 0.582. The molecule has 2 aromatic rings. The Kier molecular flexibility index (Phi) is 6.77. The number of piperazine rings is 1. The highest BCUT2D eigenvalue weighted by molar-refractivity contribution is 7.89. The molecule has 1 saturated heterocycles. The first-order chi connectivity index (χ1) is 14.4. The molecular weight excluding hydrogens is 418 g/mol. The van der Waals surface area contributed by atoms with Crippen LogP contribution in [-0.2, 0) is 16.6 Å². The Balaban J connectivity index is 1.33. The van der Waals surface area contributed by atoms with Crippen LogP contribution in [0.5, 0.6) is 0 Å². The van der Waals surface area contributed by atoms with Crippen molar-refractivity contribution in [3.05, 3.63) is 50.6 Å².